The fourth-order valence-electron chi connectivity index (χ4n) is 1.70. The molecule has 3 heteroatoms. The highest BCUT2D eigenvalue weighted by molar-refractivity contribution is 4.44. The van der Waals surface area contributed by atoms with Crippen LogP contribution in [0.15, 0.2) is 0 Å². The Hall–Kier alpha value is 0.210. The summed E-state index contributed by atoms with van der Waals surface area (Å²) in [5.74, 6) is 0. The molecule has 15 heavy (non-hydrogen) atoms. The third-order valence-electron chi connectivity index (χ3n) is 2.82. The summed E-state index contributed by atoms with van der Waals surface area (Å²) in [5, 5.41) is 8.86. The highest BCUT2D eigenvalue weighted by atomic mass is 35.5. The largest absolute Gasteiger partial charge is 1.00 e. The van der Waals surface area contributed by atoms with Gasteiger partial charge in [-0.3, -0.25) is 0 Å². The van der Waals surface area contributed by atoms with E-state index in [0.717, 1.165) is 11.0 Å². The first-order chi connectivity index (χ1) is 6.62. The Morgan fingerprint density at radius 2 is 1.40 bits per heavy atom. The van der Waals surface area contributed by atoms with Gasteiger partial charge in [0.1, 0.15) is 6.54 Å². The molecule has 0 spiro atoms. The zero-order chi connectivity index (χ0) is 10.9. The van der Waals surface area contributed by atoms with E-state index in [-0.39, 0.29) is 12.4 Å². The SMILES string of the molecule is CCCCCCCC[N+](C)(C)CCO.[Cl-]. The average Bonchev–Trinajstić information content (AvgIpc) is 2.11. The molecule has 0 aromatic carbocycles. The summed E-state index contributed by atoms with van der Waals surface area (Å²) in [6, 6.07) is 0. The first kappa shape index (κ1) is 17.6. The zero-order valence-electron chi connectivity index (χ0n) is 10.6. The number of aliphatic hydroxyl groups excluding tert-OH is 1. The molecule has 0 aromatic heterocycles. The Morgan fingerprint density at radius 1 is 0.867 bits per heavy atom. The Bertz CT molecular complexity index is 129. The van der Waals surface area contributed by atoms with Crippen molar-refractivity contribution in [2.45, 2.75) is 45.4 Å². The fourth-order valence-corrected chi connectivity index (χ4v) is 1.70. The quantitative estimate of drug-likeness (QED) is 0.420. The van der Waals surface area contributed by atoms with Crippen molar-refractivity contribution < 1.29 is 22.0 Å². The van der Waals surface area contributed by atoms with E-state index in [1.54, 1.807) is 0 Å². The molecule has 1 N–H and O–H groups in total. The van der Waals surface area contributed by atoms with E-state index in [1.165, 1.54) is 45.1 Å². The van der Waals surface area contributed by atoms with Gasteiger partial charge < -0.3 is 22.0 Å². The van der Waals surface area contributed by atoms with Crippen molar-refractivity contribution in [2.75, 3.05) is 33.8 Å². The van der Waals surface area contributed by atoms with Crippen molar-refractivity contribution in [3.05, 3.63) is 0 Å². The van der Waals surface area contributed by atoms with Crippen molar-refractivity contribution in [3.8, 4) is 0 Å². The molecule has 94 valence electrons. The Balaban J connectivity index is 0. The van der Waals surface area contributed by atoms with Crippen molar-refractivity contribution in [3.63, 3.8) is 0 Å². The maximum absolute atomic E-state index is 8.86. The number of likely N-dealkylation sites (N-methyl/N-ethyl adjacent to an activating group) is 1. The Kier molecular flexibility index (Phi) is 12.6. The number of hydrogen-bond donors (Lipinski definition) is 1. The second kappa shape index (κ2) is 10.7. The molecule has 0 aliphatic carbocycles. The number of unbranched alkanes of at least 4 members (excludes halogenated alkanes) is 5. The predicted molar refractivity (Wildman–Crippen MR) is 62.3 cm³/mol. The average molecular weight is 238 g/mol. The molecule has 0 saturated carbocycles. The third-order valence-corrected chi connectivity index (χ3v) is 2.82. The van der Waals surface area contributed by atoms with Crippen LogP contribution in [0.5, 0.6) is 0 Å². The van der Waals surface area contributed by atoms with Crippen LogP contribution in [0.4, 0.5) is 0 Å². The summed E-state index contributed by atoms with van der Waals surface area (Å²) in [6.45, 7) is 4.64. The van der Waals surface area contributed by atoms with Gasteiger partial charge in [-0.1, -0.05) is 32.6 Å². The molecule has 0 rings (SSSR count). The lowest BCUT2D eigenvalue weighted by molar-refractivity contribution is -0.890. The van der Waals surface area contributed by atoms with E-state index in [0.29, 0.717) is 6.61 Å². The molecule has 0 amide bonds. The number of hydrogen-bond acceptors (Lipinski definition) is 1. The van der Waals surface area contributed by atoms with Gasteiger partial charge in [-0.25, -0.2) is 0 Å². The lowest BCUT2D eigenvalue weighted by atomic mass is 10.1. The molecule has 0 unspecified atom stereocenters. The normalized spacial score (nSPS) is 11.2. The molecule has 2 nitrogen and oxygen atoms in total. The standard InChI is InChI=1S/C12H28NO.ClH/c1-4-5-6-7-8-9-10-13(2,3)11-12-14;/h14H,4-12H2,1-3H3;1H/q+1;/p-1. The van der Waals surface area contributed by atoms with Gasteiger partial charge in [0.15, 0.2) is 0 Å². The summed E-state index contributed by atoms with van der Waals surface area (Å²) in [7, 11) is 4.39. The Labute approximate surface area is 102 Å². The predicted octanol–water partition coefficient (Wildman–Crippen LogP) is -0.580. The first-order valence-corrected chi connectivity index (χ1v) is 6.05. The molecule has 0 aliphatic heterocycles. The lowest BCUT2D eigenvalue weighted by Gasteiger charge is -2.28. The van der Waals surface area contributed by atoms with Crippen LogP contribution in [-0.2, 0) is 0 Å². The molecule has 0 radical (unpaired) electrons. The zero-order valence-corrected chi connectivity index (χ0v) is 11.4. The molecule has 0 aliphatic rings. The minimum Gasteiger partial charge on any atom is -1.00 e. The highest BCUT2D eigenvalue weighted by Gasteiger charge is 2.12. The second-order valence-electron chi connectivity index (χ2n) is 4.87. The van der Waals surface area contributed by atoms with Crippen LogP contribution in [0.1, 0.15) is 45.4 Å². The molecule has 0 heterocycles. The van der Waals surface area contributed by atoms with E-state index in [9.17, 15) is 0 Å². The highest BCUT2D eigenvalue weighted by Crippen LogP contribution is 2.07. The van der Waals surface area contributed by atoms with Crippen molar-refractivity contribution in [1.29, 1.82) is 0 Å². The van der Waals surface area contributed by atoms with Crippen LogP contribution in [0.3, 0.4) is 0 Å². The molecule has 0 fully saturated rings. The van der Waals surface area contributed by atoms with Gasteiger partial charge in [-0.15, -0.1) is 0 Å². The van der Waals surface area contributed by atoms with Crippen LogP contribution >= 0.6 is 0 Å². The summed E-state index contributed by atoms with van der Waals surface area (Å²) >= 11 is 0. The summed E-state index contributed by atoms with van der Waals surface area (Å²) < 4.78 is 0.963. The summed E-state index contributed by atoms with van der Waals surface area (Å²) in [6.07, 6.45) is 8.14. The molecule has 0 aromatic rings. The van der Waals surface area contributed by atoms with Crippen molar-refractivity contribution in [2.24, 2.45) is 0 Å². The maximum Gasteiger partial charge on any atom is 0.102 e. The minimum atomic E-state index is 0. The van der Waals surface area contributed by atoms with Gasteiger partial charge in [0.05, 0.1) is 27.2 Å². The molecular formula is C12H28ClNO. The van der Waals surface area contributed by atoms with Crippen LogP contribution in [0.2, 0.25) is 0 Å². The third kappa shape index (κ3) is 12.1. The van der Waals surface area contributed by atoms with E-state index in [2.05, 4.69) is 21.0 Å². The topological polar surface area (TPSA) is 20.2 Å². The summed E-state index contributed by atoms with van der Waals surface area (Å²) in [4.78, 5) is 0. The van der Waals surface area contributed by atoms with Crippen LogP contribution in [0, 0.1) is 0 Å². The van der Waals surface area contributed by atoms with Gasteiger partial charge in [0.25, 0.3) is 0 Å². The second-order valence-corrected chi connectivity index (χ2v) is 4.87. The number of quaternary nitrogens is 1. The molecule has 0 saturated heterocycles. The van der Waals surface area contributed by atoms with Gasteiger partial charge in [0, 0.05) is 0 Å². The molecule has 0 bridgehead atoms. The smallest absolute Gasteiger partial charge is 0.102 e. The lowest BCUT2D eigenvalue weighted by Crippen LogP contribution is -3.00. The first-order valence-electron chi connectivity index (χ1n) is 6.05. The van der Waals surface area contributed by atoms with Crippen LogP contribution < -0.4 is 12.4 Å². The van der Waals surface area contributed by atoms with E-state index in [1.807, 2.05) is 0 Å². The number of nitrogens with zero attached hydrogens (tertiary/aromatic N) is 1. The minimum absolute atomic E-state index is 0. The fraction of sp³-hybridized carbons (Fsp3) is 1.00. The van der Waals surface area contributed by atoms with Crippen LogP contribution in [0.25, 0.3) is 0 Å². The van der Waals surface area contributed by atoms with Gasteiger partial charge in [-0.2, -0.15) is 0 Å². The van der Waals surface area contributed by atoms with E-state index in [4.69, 9.17) is 5.11 Å². The monoisotopic (exact) mass is 237 g/mol. The van der Waals surface area contributed by atoms with Gasteiger partial charge >= 0.3 is 0 Å². The van der Waals surface area contributed by atoms with E-state index < -0.39 is 0 Å². The number of halogens is 1. The van der Waals surface area contributed by atoms with Gasteiger partial charge in [0.2, 0.25) is 0 Å². The van der Waals surface area contributed by atoms with Crippen molar-refractivity contribution in [1.82, 2.24) is 0 Å². The Morgan fingerprint density at radius 3 is 1.93 bits per heavy atom. The van der Waals surface area contributed by atoms with E-state index >= 15 is 0 Å². The number of aliphatic hydroxyl groups is 1. The van der Waals surface area contributed by atoms with Crippen LogP contribution in [-0.4, -0.2) is 43.4 Å². The molecular weight excluding hydrogens is 210 g/mol. The summed E-state index contributed by atoms with van der Waals surface area (Å²) in [5.41, 5.74) is 0. The van der Waals surface area contributed by atoms with Gasteiger partial charge in [-0.05, 0) is 12.8 Å². The maximum atomic E-state index is 8.86. The van der Waals surface area contributed by atoms with Crippen molar-refractivity contribution >= 4 is 0 Å². The molecule has 0 atom stereocenters. The number of rotatable bonds is 9.